The molecule has 5 heteroatoms. The van der Waals surface area contributed by atoms with Gasteiger partial charge in [-0.2, -0.15) is 13.2 Å². The van der Waals surface area contributed by atoms with Crippen molar-refractivity contribution in [2.75, 3.05) is 0 Å². The Bertz CT molecular complexity index is 321. The van der Waals surface area contributed by atoms with Gasteiger partial charge in [-0.1, -0.05) is 46.3 Å². The van der Waals surface area contributed by atoms with Gasteiger partial charge < -0.3 is 0 Å². The van der Waals surface area contributed by atoms with Crippen LogP contribution in [0.4, 0.5) is 13.2 Å². The summed E-state index contributed by atoms with van der Waals surface area (Å²) in [5.74, 6) is -1.79. The zero-order chi connectivity index (χ0) is 10.8. The van der Waals surface area contributed by atoms with Crippen LogP contribution in [0.1, 0.15) is 10.4 Å². The summed E-state index contributed by atoms with van der Waals surface area (Å²) in [6.07, 6.45) is -4.80. The van der Waals surface area contributed by atoms with Gasteiger partial charge in [0.15, 0.2) is 0 Å². The summed E-state index contributed by atoms with van der Waals surface area (Å²) in [4.78, 5) is 9.48. The Labute approximate surface area is 87.1 Å². The molecule has 0 saturated heterocycles. The molecule has 1 nitrogen and oxygen atoms in total. The van der Waals surface area contributed by atoms with Crippen LogP contribution in [-0.4, -0.2) is 12.0 Å². The smallest absolute Gasteiger partial charge is 0.288 e. The van der Waals surface area contributed by atoms with Crippen molar-refractivity contribution in [2.45, 2.75) is 11.0 Å². The molecule has 0 aliphatic carbocycles. The summed E-state index contributed by atoms with van der Waals surface area (Å²) in [6, 6.07) is 7.74. The van der Waals surface area contributed by atoms with Gasteiger partial charge in [0.25, 0.3) is 5.78 Å². The maximum Gasteiger partial charge on any atom is 0.451 e. The molecule has 0 amide bonds. The van der Waals surface area contributed by atoms with Gasteiger partial charge in [0.2, 0.25) is 0 Å². The molecule has 0 heterocycles. The first-order valence-corrected chi connectivity index (χ1v) is 4.64. The van der Waals surface area contributed by atoms with Gasteiger partial charge in [0, 0.05) is 0 Å². The lowest BCUT2D eigenvalue weighted by atomic mass is 10.1. The number of hydrogen-bond donors (Lipinski definition) is 0. The van der Waals surface area contributed by atoms with Crippen molar-refractivity contribution < 1.29 is 18.0 Å². The largest absolute Gasteiger partial charge is 0.451 e. The maximum atomic E-state index is 12.0. The summed E-state index contributed by atoms with van der Waals surface area (Å²) in [5.41, 5.74) is 0.301. The Kier molecular flexibility index (Phi) is 3.31. The Hall–Kier alpha value is -0.840. The monoisotopic (exact) mass is 266 g/mol. The Morgan fingerprint density at radius 1 is 1.21 bits per heavy atom. The minimum absolute atomic E-state index is 0.301. The van der Waals surface area contributed by atoms with E-state index < -0.39 is 16.8 Å². The maximum absolute atomic E-state index is 12.0. The van der Waals surface area contributed by atoms with Gasteiger partial charge in [0.1, 0.15) is 4.83 Å². The number of ketones is 1. The number of Topliss-reactive ketones (excluding diaryl/α,β-unsaturated/α-hetero) is 1. The fourth-order valence-corrected chi connectivity index (χ4v) is 1.48. The predicted molar refractivity (Wildman–Crippen MR) is 49.2 cm³/mol. The van der Waals surface area contributed by atoms with Gasteiger partial charge in [-0.15, -0.1) is 0 Å². The summed E-state index contributed by atoms with van der Waals surface area (Å²) < 4.78 is 36.0. The molecule has 1 rings (SSSR count). The number of alkyl halides is 4. The highest BCUT2D eigenvalue weighted by atomic mass is 79.9. The summed E-state index contributed by atoms with van der Waals surface area (Å²) in [7, 11) is 0. The van der Waals surface area contributed by atoms with Gasteiger partial charge in [-0.05, 0) is 5.56 Å². The highest BCUT2D eigenvalue weighted by molar-refractivity contribution is 9.09. The van der Waals surface area contributed by atoms with E-state index in [0.717, 1.165) is 0 Å². The van der Waals surface area contributed by atoms with E-state index >= 15 is 0 Å². The standard InChI is InChI=1S/C9H6BrF3O/c10-7(8(14)9(11,12)13)6-4-2-1-3-5-6/h1-5,7H/t7-/m1/s1. The van der Waals surface area contributed by atoms with Crippen LogP contribution in [-0.2, 0) is 4.79 Å². The van der Waals surface area contributed by atoms with Crippen LogP contribution in [0.3, 0.4) is 0 Å². The molecular formula is C9H6BrF3O. The van der Waals surface area contributed by atoms with Crippen molar-refractivity contribution >= 4 is 21.7 Å². The van der Waals surface area contributed by atoms with Crippen molar-refractivity contribution in [1.29, 1.82) is 0 Å². The molecule has 0 aliphatic heterocycles. The second-order valence-corrected chi connectivity index (χ2v) is 3.55. The number of halogens is 4. The number of carbonyl (C=O) groups excluding carboxylic acids is 1. The van der Waals surface area contributed by atoms with E-state index in [1.165, 1.54) is 12.1 Å². The molecule has 0 N–H and O–H groups in total. The fraction of sp³-hybridized carbons (Fsp3) is 0.222. The van der Waals surface area contributed by atoms with E-state index in [1.807, 2.05) is 0 Å². The van der Waals surface area contributed by atoms with E-state index in [1.54, 1.807) is 18.2 Å². The third kappa shape index (κ3) is 2.57. The third-order valence-electron chi connectivity index (χ3n) is 1.60. The molecule has 1 atom stereocenters. The zero-order valence-electron chi connectivity index (χ0n) is 6.88. The van der Waals surface area contributed by atoms with E-state index in [9.17, 15) is 18.0 Å². The van der Waals surface area contributed by atoms with E-state index in [4.69, 9.17) is 0 Å². The normalized spacial score (nSPS) is 13.7. The Morgan fingerprint density at radius 3 is 2.14 bits per heavy atom. The summed E-state index contributed by atoms with van der Waals surface area (Å²) >= 11 is 2.72. The van der Waals surface area contributed by atoms with Crippen LogP contribution < -0.4 is 0 Å². The molecule has 0 bridgehead atoms. The zero-order valence-corrected chi connectivity index (χ0v) is 8.47. The molecule has 76 valence electrons. The van der Waals surface area contributed by atoms with Crippen LogP contribution in [0, 0.1) is 0 Å². The topological polar surface area (TPSA) is 17.1 Å². The molecule has 1 aromatic carbocycles. The lowest BCUT2D eigenvalue weighted by Crippen LogP contribution is -2.26. The summed E-state index contributed by atoms with van der Waals surface area (Å²) in [6.45, 7) is 0. The highest BCUT2D eigenvalue weighted by Crippen LogP contribution is 2.31. The lowest BCUT2D eigenvalue weighted by molar-refractivity contribution is -0.170. The SMILES string of the molecule is O=C([C@H](Br)c1ccccc1)C(F)(F)F. The molecule has 0 aromatic heterocycles. The average Bonchev–Trinajstić information content (AvgIpc) is 2.15. The molecular weight excluding hydrogens is 261 g/mol. The van der Waals surface area contributed by atoms with Gasteiger partial charge in [-0.3, -0.25) is 4.79 Å². The minimum atomic E-state index is -4.80. The van der Waals surface area contributed by atoms with Gasteiger partial charge >= 0.3 is 6.18 Å². The average molecular weight is 267 g/mol. The van der Waals surface area contributed by atoms with Crippen molar-refractivity contribution in [3.05, 3.63) is 35.9 Å². The molecule has 0 aliphatic rings. The molecule has 0 spiro atoms. The Morgan fingerprint density at radius 2 is 1.71 bits per heavy atom. The predicted octanol–water partition coefficient (Wildman–Crippen LogP) is 3.25. The van der Waals surface area contributed by atoms with Crippen molar-refractivity contribution in [1.82, 2.24) is 0 Å². The number of hydrogen-bond acceptors (Lipinski definition) is 1. The fourth-order valence-electron chi connectivity index (χ4n) is 0.917. The molecule has 0 fully saturated rings. The second kappa shape index (κ2) is 4.13. The number of benzene rings is 1. The quantitative estimate of drug-likeness (QED) is 0.751. The van der Waals surface area contributed by atoms with E-state index in [2.05, 4.69) is 15.9 Å². The van der Waals surface area contributed by atoms with Gasteiger partial charge in [0.05, 0.1) is 0 Å². The molecule has 0 unspecified atom stereocenters. The van der Waals surface area contributed by atoms with Crippen LogP contribution >= 0.6 is 15.9 Å². The van der Waals surface area contributed by atoms with Crippen LogP contribution in [0.15, 0.2) is 30.3 Å². The van der Waals surface area contributed by atoms with Crippen LogP contribution in [0.25, 0.3) is 0 Å². The Balaban J connectivity index is 2.87. The molecule has 1 aromatic rings. The van der Waals surface area contributed by atoms with Crippen molar-refractivity contribution in [2.24, 2.45) is 0 Å². The lowest BCUT2D eigenvalue weighted by Gasteiger charge is -2.11. The molecule has 14 heavy (non-hydrogen) atoms. The second-order valence-electron chi connectivity index (χ2n) is 2.64. The number of rotatable bonds is 2. The molecule has 0 saturated carbocycles. The summed E-state index contributed by atoms with van der Waals surface area (Å²) in [5, 5.41) is 0. The first kappa shape index (κ1) is 11.2. The van der Waals surface area contributed by atoms with Crippen LogP contribution in [0.2, 0.25) is 0 Å². The first-order valence-electron chi connectivity index (χ1n) is 3.73. The number of carbonyl (C=O) groups is 1. The molecule has 0 radical (unpaired) electrons. The third-order valence-corrected chi connectivity index (χ3v) is 2.55. The minimum Gasteiger partial charge on any atom is -0.288 e. The van der Waals surface area contributed by atoms with E-state index in [-0.39, 0.29) is 0 Å². The highest BCUT2D eigenvalue weighted by Gasteiger charge is 2.42. The van der Waals surface area contributed by atoms with E-state index in [0.29, 0.717) is 5.56 Å². The van der Waals surface area contributed by atoms with Gasteiger partial charge in [-0.25, -0.2) is 0 Å². The van der Waals surface area contributed by atoms with Crippen molar-refractivity contribution in [3.8, 4) is 0 Å². The van der Waals surface area contributed by atoms with Crippen LogP contribution in [0.5, 0.6) is 0 Å². The first-order chi connectivity index (χ1) is 6.43. The van der Waals surface area contributed by atoms with Crippen molar-refractivity contribution in [3.63, 3.8) is 0 Å².